The summed E-state index contributed by atoms with van der Waals surface area (Å²) in [7, 11) is 0. The van der Waals surface area contributed by atoms with E-state index in [1.807, 2.05) is 6.07 Å². The Labute approximate surface area is 115 Å². The molecule has 0 fully saturated rings. The van der Waals surface area contributed by atoms with Crippen LogP contribution in [-0.2, 0) is 15.1 Å². The van der Waals surface area contributed by atoms with Gasteiger partial charge >= 0.3 is 5.97 Å². The minimum atomic E-state index is -1.38. The normalized spacial score (nSPS) is 14.1. The minimum Gasteiger partial charge on any atom is -0.479 e. The van der Waals surface area contributed by atoms with Gasteiger partial charge in [-0.1, -0.05) is 28.1 Å². The van der Waals surface area contributed by atoms with Crippen LogP contribution in [0, 0.1) is 0 Å². The van der Waals surface area contributed by atoms with Gasteiger partial charge in [0.25, 0.3) is 0 Å². The Morgan fingerprint density at radius 1 is 1.50 bits per heavy atom. The van der Waals surface area contributed by atoms with Crippen molar-refractivity contribution in [2.45, 2.75) is 32.4 Å². The van der Waals surface area contributed by atoms with Crippen LogP contribution in [0.4, 0.5) is 0 Å². The van der Waals surface area contributed by atoms with Crippen molar-refractivity contribution in [3.05, 3.63) is 34.3 Å². The maximum absolute atomic E-state index is 11.6. The monoisotopic (exact) mass is 313 g/mol. The van der Waals surface area contributed by atoms with Gasteiger partial charge in [-0.25, -0.2) is 4.79 Å². The predicted molar refractivity (Wildman–Crippen MR) is 72.2 cm³/mol. The van der Waals surface area contributed by atoms with Gasteiger partial charge in [-0.3, -0.25) is 4.79 Å². The van der Waals surface area contributed by atoms with Gasteiger partial charge in [0.15, 0.2) is 5.54 Å². The maximum atomic E-state index is 11.6. The van der Waals surface area contributed by atoms with Gasteiger partial charge in [-0.2, -0.15) is 0 Å². The molecule has 1 unspecified atom stereocenters. The van der Waals surface area contributed by atoms with Gasteiger partial charge in [0, 0.05) is 10.5 Å². The summed E-state index contributed by atoms with van der Waals surface area (Å²) in [5, 5.41) is 9.51. The summed E-state index contributed by atoms with van der Waals surface area (Å²) in [5.74, 6) is -1.05. The van der Waals surface area contributed by atoms with Crippen LogP contribution in [0.3, 0.4) is 0 Å². The Kier molecular flexibility index (Phi) is 4.51. The molecule has 0 aliphatic heterocycles. The second-order valence-corrected chi connectivity index (χ2v) is 5.41. The summed E-state index contributed by atoms with van der Waals surface area (Å²) in [6.45, 7) is 5.10. The number of halogens is 1. The molecule has 0 aromatic heterocycles. The summed E-state index contributed by atoms with van der Waals surface area (Å²) < 4.78 is 0.780. The van der Waals surface area contributed by atoms with E-state index in [-0.39, 0.29) is 6.04 Å². The zero-order valence-electron chi connectivity index (χ0n) is 10.6. The van der Waals surface area contributed by atoms with Crippen LogP contribution in [-0.4, -0.2) is 28.4 Å². The van der Waals surface area contributed by atoms with Crippen LogP contribution >= 0.6 is 15.9 Å². The molecule has 18 heavy (non-hydrogen) atoms. The third-order valence-electron chi connectivity index (χ3n) is 2.99. The fourth-order valence-electron chi connectivity index (χ4n) is 1.92. The first-order chi connectivity index (χ1) is 8.33. The summed E-state index contributed by atoms with van der Waals surface area (Å²) in [6, 6.07) is 6.78. The van der Waals surface area contributed by atoms with E-state index < -0.39 is 11.5 Å². The number of carboxylic acid groups (broad SMARTS) is 1. The van der Waals surface area contributed by atoms with E-state index in [1.54, 1.807) is 32.0 Å². The molecule has 1 rings (SSSR count). The number of aliphatic carboxylic acids is 1. The first-order valence-electron chi connectivity index (χ1n) is 5.57. The van der Waals surface area contributed by atoms with Gasteiger partial charge in [0.05, 0.1) is 0 Å². The average Bonchev–Trinajstić information content (AvgIpc) is 2.28. The van der Waals surface area contributed by atoms with Crippen LogP contribution in [0.25, 0.3) is 0 Å². The van der Waals surface area contributed by atoms with E-state index in [0.29, 0.717) is 12.0 Å². The largest absolute Gasteiger partial charge is 0.479 e. The first-order valence-corrected chi connectivity index (χ1v) is 6.36. The minimum absolute atomic E-state index is 0.206. The molecular formula is C13H16BrNO3. The summed E-state index contributed by atoms with van der Waals surface area (Å²) >= 11 is 3.31. The molecule has 0 radical (unpaired) electrons. The van der Waals surface area contributed by atoms with Gasteiger partial charge in [-0.15, -0.1) is 0 Å². The van der Waals surface area contributed by atoms with E-state index in [1.165, 1.54) is 11.8 Å². The number of rotatable bonds is 5. The molecule has 0 aliphatic carbocycles. The molecule has 1 aromatic rings. The van der Waals surface area contributed by atoms with E-state index in [2.05, 4.69) is 15.9 Å². The molecule has 1 atom stereocenters. The number of hydrogen-bond acceptors (Lipinski definition) is 2. The second-order valence-electron chi connectivity index (χ2n) is 4.49. The van der Waals surface area contributed by atoms with E-state index in [9.17, 15) is 14.7 Å². The van der Waals surface area contributed by atoms with E-state index in [0.717, 1.165) is 4.47 Å². The first kappa shape index (κ1) is 14.7. The third-order valence-corrected chi connectivity index (χ3v) is 3.48. The predicted octanol–water partition coefficient (Wildman–Crippen LogP) is 2.62. The summed E-state index contributed by atoms with van der Waals surface area (Å²) in [5.41, 5.74) is -0.815. The van der Waals surface area contributed by atoms with E-state index >= 15 is 0 Å². The number of benzene rings is 1. The van der Waals surface area contributed by atoms with Crippen LogP contribution in [0.5, 0.6) is 0 Å². The van der Waals surface area contributed by atoms with Crippen molar-refractivity contribution in [1.29, 1.82) is 0 Å². The lowest BCUT2D eigenvalue weighted by Gasteiger charge is -2.38. The second kappa shape index (κ2) is 5.52. The maximum Gasteiger partial charge on any atom is 0.334 e. The molecule has 0 aliphatic rings. The van der Waals surface area contributed by atoms with Crippen LogP contribution in [0.15, 0.2) is 28.7 Å². The molecule has 1 N–H and O–H groups in total. The molecule has 1 aromatic carbocycles. The highest BCUT2D eigenvalue weighted by Gasteiger charge is 2.42. The van der Waals surface area contributed by atoms with Crippen molar-refractivity contribution >= 4 is 28.3 Å². The highest BCUT2D eigenvalue weighted by molar-refractivity contribution is 9.10. The molecule has 0 saturated heterocycles. The van der Waals surface area contributed by atoms with Crippen LogP contribution in [0.2, 0.25) is 0 Å². The summed E-state index contributed by atoms with van der Waals surface area (Å²) in [6.07, 6.45) is 0.583. The molecule has 4 nitrogen and oxygen atoms in total. The molecule has 1 amide bonds. The molecule has 5 heteroatoms. The van der Waals surface area contributed by atoms with Crippen molar-refractivity contribution in [1.82, 2.24) is 4.90 Å². The number of carbonyl (C=O) groups is 2. The Hall–Kier alpha value is -1.36. The number of hydrogen-bond donors (Lipinski definition) is 1. The highest BCUT2D eigenvalue weighted by atomic mass is 79.9. The van der Waals surface area contributed by atoms with Crippen molar-refractivity contribution in [2.24, 2.45) is 0 Å². The topological polar surface area (TPSA) is 57.6 Å². The molecular weight excluding hydrogens is 298 g/mol. The lowest BCUT2D eigenvalue weighted by atomic mass is 9.89. The number of carboxylic acids is 1. The van der Waals surface area contributed by atoms with Crippen LogP contribution in [0.1, 0.15) is 26.3 Å². The lowest BCUT2D eigenvalue weighted by Crippen LogP contribution is -2.52. The van der Waals surface area contributed by atoms with Crippen LogP contribution < -0.4 is 0 Å². The van der Waals surface area contributed by atoms with Crippen molar-refractivity contribution < 1.29 is 14.7 Å². The smallest absolute Gasteiger partial charge is 0.334 e. The zero-order chi connectivity index (χ0) is 13.9. The average molecular weight is 314 g/mol. The fourth-order valence-corrected chi connectivity index (χ4v) is 2.32. The standard InChI is InChI=1S/C13H16BrNO3/c1-9(2)15(8-16)13(3,12(17)18)10-5-4-6-11(14)7-10/h4-9H,1-3H3,(H,17,18). The molecule has 98 valence electrons. The van der Waals surface area contributed by atoms with Crippen molar-refractivity contribution in [2.75, 3.05) is 0 Å². The number of amides is 1. The van der Waals surface area contributed by atoms with Gasteiger partial charge in [0.2, 0.25) is 6.41 Å². The Morgan fingerprint density at radius 3 is 2.50 bits per heavy atom. The number of carbonyl (C=O) groups excluding carboxylic acids is 1. The Balaban J connectivity index is 3.40. The van der Waals surface area contributed by atoms with Gasteiger partial charge in [0.1, 0.15) is 0 Å². The quantitative estimate of drug-likeness (QED) is 0.850. The molecule has 0 spiro atoms. The Bertz CT molecular complexity index is 461. The van der Waals surface area contributed by atoms with Crippen molar-refractivity contribution in [3.63, 3.8) is 0 Å². The van der Waals surface area contributed by atoms with E-state index in [4.69, 9.17) is 0 Å². The number of nitrogens with zero attached hydrogens (tertiary/aromatic N) is 1. The SMILES string of the molecule is CC(C)N(C=O)C(C)(C(=O)O)c1cccc(Br)c1. The highest BCUT2D eigenvalue weighted by Crippen LogP contribution is 2.31. The Morgan fingerprint density at radius 2 is 2.11 bits per heavy atom. The van der Waals surface area contributed by atoms with Gasteiger partial charge in [-0.05, 0) is 38.5 Å². The third kappa shape index (κ3) is 2.56. The van der Waals surface area contributed by atoms with Gasteiger partial charge < -0.3 is 10.0 Å². The summed E-state index contributed by atoms with van der Waals surface area (Å²) in [4.78, 5) is 24.1. The lowest BCUT2D eigenvalue weighted by molar-refractivity contribution is -0.156. The van der Waals surface area contributed by atoms with Crippen molar-refractivity contribution in [3.8, 4) is 0 Å². The molecule has 0 saturated carbocycles. The molecule has 0 heterocycles. The molecule has 0 bridgehead atoms. The fraction of sp³-hybridized carbons (Fsp3) is 0.385. The zero-order valence-corrected chi connectivity index (χ0v) is 12.1.